The molecule has 0 unspecified atom stereocenters. The Morgan fingerprint density at radius 2 is 2.20 bits per heavy atom. The summed E-state index contributed by atoms with van der Waals surface area (Å²) in [4.78, 5) is 11.0. The first-order chi connectivity index (χ1) is 7.13. The quantitative estimate of drug-likeness (QED) is 0.858. The lowest BCUT2D eigenvalue weighted by atomic mass is 9.97. The van der Waals surface area contributed by atoms with Crippen LogP contribution in [0.1, 0.15) is 18.4 Å². The minimum absolute atomic E-state index is 0.0722. The number of carbonyl (C=O) groups is 1. The summed E-state index contributed by atoms with van der Waals surface area (Å²) in [6.07, 6.45) is 2.72. The van der Waals surface area contributed by atoms with Crippen LogP contribution < -0.4 is 4.74 Å². The molecule has 1 aliphatic rings. The monoisotopic (exact) mass is 270 g/mol. The highest BCUT2D eigenvalue weighted by Gasteiger charge is 2.44. The molecule has 0 amide bonds. The van der Waals surface area contributed by atoms with Gasteiger partial charge in [-0.25, -0.2) is 0 Å². The summed E-state index contributed by atoms with van der Waals surface area (Å²) < 4.78 is 5.60. The number of hydrogen-bond acceptors (Lipinski definition) is 3. The van der Waals surface area contributed by atoms with Gasteiger partial charge in [0.1, 0.15) is 6.29 Å². The number of carbonyl (C=O) groups excluding carboxylic acids is 1. The molecule has 80 valence electrons. The van der Waals surface area contributed by atoms with Crippen LogP contribution >= 0.6 is 15.9 Å². The van der Waals surface area contributed by atoms with E-state index in [1.165, 1.54) is 7.11 Å². The Bertz CT molecular complexity index is 411. The van der Waals surface area contributed by atoms with Gasteiger partial charge in [-0.15, -0.1) is 0 Å². The van der Waals surface area contributed by atoms with Gasteiger partial charge in [0.05, 0.1) is 17.0 Å². The van der Waals surface area contributed by atoms with E-state index in [2.05, 4.69) is 15.9 Å². The second-order valence-corrected chi connectivity index (χ2v) is 4.64. The number of phenolic OH excluding ortho intramolecular Hbond substituents is 1. The molecule has 1 aliphatic carbocycles. The van der Waals surface area contributed by atoms with E-state index >= 15 is 0 Å². The van der Waals surface area contributed by atoms with E-state index in [-0.39, 0.29) is 11.2 Å². The first-order valence-electron chi connectivity index (χ1n) is 4.66. The van der Waals surface area contributed by atoms with Crippen LogP contribution in [0.15, 0.2) is 16.6 Å². The summed E-state index contributed by atoms with van der Waals surface area (Å²) in [7, 11) is 1.49. The maximum atomic E-state index is 11.0. The zero-order valence-electron chi connectivity index (χ0n) is 8.29. The SMILES string of the molecule is COc1cc(C2(C=O)CC2)cc(Br)c1O. The first-order valence-corrected chi connectivity index (χ1v) is 5.45. The molecule has 0 aromatic heterocycles. The van der Waals surface area contributed by atoms with Crippen LogP contribution in [0.25, 0.3) is 0 Å². The Labute approximate surface area is 96.2 Å². The summed E-state index contributed by atoms with van der Waals surface area (Å²) in [5, 5.41) is 9.62. The fourth-order valence-corrected chi connectivity index (χ4v) is 2.07. The Kier molecular flexibility index (Phi) is 2.46. The van der Waals surface area contributed by atoms with Crippen LogP contribution in [0.2, 0.25) is 0 Å². The second-order valence-electron chi connectivity index (χ2n) is 3.78. The Morgan fingerprint density at radius 1 is 1.53 bits per heavy atom. The number of aromatic hydroxyl groups is 1. The highest BCUT2D eigenvalue weighted by atomic mass is 79.9. The van der Waals surface area contributed by atoms with E-state index in [1.807, 2.05) is 0 Å². The normalized spacial score (nSPS) is 17.2. The van der Waals surface area contributed by atoms with Crippen molar-refractivity contribution in [2.45, 2.75) is 18.3 Å². The van der Waals surface area contributed by atoms with Gasteiger partial charge in [0.25, 0.3) is 0 Å². The van der Waals surface area contributed by atoms with Gasteiger partial charge in [0.15, 0.2) is 11.5 Å². The number of methoxy groups -OCH3 is 1. The van der Waals surface area contributed by atoms with Crippen LogP contribution in [0.4, 0.5) is 0 Å². The average molecular weight is 271 g/mol. The standard InChI is InChI=1S/C11H11BrO3/c1-15-9-5-7(4-8(12)10(9)14)11(6-13)2-3-11/h4-6,14H,2-3H2,1H3. The lowest BCUT2D eigenvalue weighted by molar-refractivity contribution is -0.109. The van der Waals surface area contributed by atoms with Crippen LogP contribution in [0, 0.1) is 0 Å². The highest BCUT2D eigenvalue weighted by molar-refractivity contribution is 9.10. The zero-order chi connectivity index (χ0) is 11.1. The number of ether oxygens (including phenoxy) is 1. The van der Waals surface area contributed by atoms with Gasteiger partial charge in [-0.1, -0.05) is 0 Å². The van der Waals surface area contributed by atoms with E-state index in [0.717, 1.165) is 24.7 Å². The van der Waals surface area contributed by atoms with Gasteiger partial charge < -0.3 is 14.6 Å². The molecule has 0 heterocycles. The van der Waals surface area contributed by atoms with Crippen molar-refractivity contribution in [2.24, 2.45) is 0 Å². The Balaban J connectivity index is 2.50. The lowest BCUT2D eigenvalue weighted by Crippen LogP contribution is -2.07. The van der Waals surface area contributed by atoms with Gasteiger partial charge in [0, 0.05) is 0 Å². The van der Waals surface area contributed by atoms with Crippen molar-refractivity contribution in [1.82, 2.24) is 0 Å². The lowest BCUT2D eigenvalue weighted by Gasteiger charge is -2.12. The van der Waals surface area contributed by atoms with E-state index in [0.29, 0.717) is 10.2 Å². The van der Waals surface area contributed by atoms with E-state index in [1.54, 1.807) is 12.1 Å². The van der Waals surface area contributed by atoms with Gasteiger partial charge in [-0.3, -0.25) is 0 Å². The van der Waals surface area contributed by atoms with Crippen molar-refractivity contribution in [3.8, 4) is 11.5 Å². The maximum absolute atomic E-state index is 11.0. The topological polar surface area (TPSA) is 46.5 Å². The molecule has 0 saturated heterocycles. The molecule has 15 heavy (non-hydrogen) atoms. The zero-order valence-corrected chi connectivity index (χ0v) is 9.87. The van der Waals surface area contributed by atoms with E-state index in [4.69, 9.17) is 4.74 Å². The van der Waals surface area contributed by atoms with Crippen LogP contribution in [-0.4, -0.2) is 18.5 Å². The smallest absolute Gasteiger partial charge is 0.172 e. The summed E-state index contributed by atoms with van der Waals surface area (Å²) in [5.41, 5.74) is 0.558. The molecule has 0 atom stereocenters. The summed E-state index contributed by atoms with van der Waals surface area (Å²) in [5.74, 6) is 0.468. The first kappa shape index (κ1) is 10.5. The molecule has 0 bridgehead atoms. The third kappa shape index (κ3) is 1.63. The summed E-state index contributed by atoms with van der Waals surface area (Å²) in [6, 6.07) is 3.50. The largest absolute Gasteiger partial charge is 0.503 e. The number of halogens is 1. The van der Waals surface area contributed by atoms with Gasteiger partial charge in [-0.2, -0.15) is 0 Å². The molecule has 0 spiro atoms. The highest BCUT2D eigenvalue weighted by Crippen LogP contribution is 2.49. The molecule has 0 aliphatic heterocycles. The third-order valence-electron chi connectivity index (χ3n) is 2.84. The number of rotatable bonds is 3. The molecule has 2 rings (SSSR count). The molecule has 1 N–H and O–H groups in total. The predicted octanol–water partition coefficient (Wildman–Crippen LogP) is 2.39. The minimum atomic E-state index is -0.344. The third-order valence-corrected chi connectivity index (χ3v) is 3.44. The Morgan fingerprint density at radius 3 is 2.67 bits per heavy atom. The van der Waals surface area contributed by atoms with Gasteiger partial charge in [-0.05, 0) is 46.5 Å². The number of benzene rings is 1. The predicted molar refractivity (Wildman–Crippen MR) is 59.3 cm³/mol. The molecule has 4 heteroatoms. The van der Waals surface area contributed by atoms with Gasteiger partial charge in [0.2, 0.25) is 0 Å². The van der Waals surface area contributed by atoms with E-state index in [9.17, 15) is 9.90 Å². The fourth-order valence-electron chi connectivity index (χ4n) is 1.63. The Hall–Kier alpha value is -1.03. The molecule has 1 aromatic carbocycles. The average Bonchev–Trinajstić information content (AvgIpc) is 3.02. The van der Waals surface area contributed by atoms with Crippen molar-refractivity contribution >= 4 is 22.2 Å². The van der Waals surface area contributed by atoms with Crippen molar-refractivity contribution in [2.75, 3.05) is 7.11 Å². The molecular formula is C11H11BrO3. The molecule has 1 saturated carbocycles. The number of hydrogen-bond donors (Lipinski definition) is 1. The number of phenols is 1. The summed E-state index contributed by atoms with van der Waals surface area (Å²) in [6.45, 7) is 0. The molecule has 0 radical (unpaired) electrons. The molecule has 1 fully saturated rings. The van der Waals surface area contributed by atoms with Crippen molar-refractivity contribution in [3.63, 3.8) is 0 Å². The van der Waals surface area contributed by atoms with Crippen LogP contribution in [-0.2, 0) is 10.2 Å². The van der Waals surface area contributed by atoms with E-state index < -0.39 is 0 Å². The molecule has 1 aromatic rings. The fraction of sp³-hybridized carbons (Fsp3) is 0.364. The van der Waals surface area contributed by atoms with Crippen molar-refractivity contribution in [3.05, 3.63) is 22.2 Å². The minimum Gasteiger partial charge on any atom is -0.503 e. The van der Waals surface area contributed by atoms with Crippen LogP contribution in [0.5, 0.6) is 11.5 Å². The van der Waals surface area contributed by atoms with Crippen LogP contribution in [0.3, 0.4) is 0 Å². The van der Waals surface area contributed by atoms with Gasteiger partial charge >= 0.3 is 0 Å². The molecule has 3 nitrogen and oxygen atoms in total. The molecular weight excluding hydrogens is 260 g/mol. The summed E-state index contributed by atoms with van der Waals surface area (Å²) >= 11 is 3.24. The van der Waals surface area contributed by atoms with Crippen molar-refractivity contribution < 1.29 is 14.6 Å². The maximum Gasteiger partial charge on any atom is 0.172 e. The van der Waals surface area contributed by atoms with Crippen molar-refractivity contribution in [1.29, 1.82) is 0 Å². The second kappa shape index (κ2) is 3.52. The number of aldehydes is 1.